The number of carbonyl (C=O) groups is 1. The number of hydrogen-bond donors (Lipinski definition) is 2. The number of amides is 1. The summed E-state index contributed by atoms with van der Waals surface area (Å²) < 4.78 is 5.10. The molecule has 0 atom stereocenters. The first-order valence-electron chi connectivity index (χ1n) is 6.48. The third kappa shape index (κ3) is 5.77. The summed E-state index contributed by atoms with van der Waals surface area (Å²) in [6.45, 7) is 7.62. The Hall–Kier alpha value is -1.99. The Kier molecular flexibility index (Phi) is 5.60. The molecular formula is C16H21NO3. The molecule has 1 amide bonds. The topological polar surface area (TPSA) is 58.6 Å². The third-order valence-corrected chi connectivity index (χ3v) is 2.42. The van der Waals surface area contributed by atoms with Crippen LogP contribution < -0.4 is 5.32 Å². The van der Waals surface area contributed by atoms with Crippen LogP contribution in [0.2, 0.25) is 0 Å². The van der Waals surface area contributed by atoms with Gasteiger partial charge in [-0.25, -0.2) is 4.79 Å². The van der Waals surface area contributed by atoms with Crippen molar-refractivity contribution in [2.75, 3.05) is 6.54 Å². The number of aliphatic hydroxyl groups excluding tert-OH is 1. The lowest BCUT2D eigenvalue weighted by Crippen LogP contribution is -2.32. The highest BCUT2D eigenvalue weighted by Gasteiger charge is 2.14. The summed E-state index contributed by atoms with van der Waals surface area (Å²) in [5.74, 6) is 5.85. The molecule has 2 N–H and O–H groups in total. The number of ether oxygens (including phenoxy) is 1. The van der Waals surface area contributed by atoms with Crippen molar-refractivity contribution in [2.24, 2.45) is 0 Å². The van der Waals surface area contributed by atoms with Gasteiger partial charge in [0.1, 0.15) is 5.60 Å². The number of nitrogens with one attached hydrogen (secondary N) is 1. The van der Waals surface area contributed by atoms with E-state index in [0.717, 1.165) is 16.7 Å². The molecule has 1 rings (SSSR count). The molecule has 0 aliphatic carbocycles. The molecule has 0 radical (unpaired) electrons. The SMILES string of the molecule is Cc1cc(CO)ccc1C#CCNC(=O)OC(C)(C)C. The second-order valence-corrected chi connectivity index (χ2v) is 5.46. The second kappa shape index (κ2) is 6.97. The van der Waals surface area contributed by atoms with Gasteiger partial charge in [-0.15, -0.1) is 0 Å². The van der Waals surface area contributed by atoms with Crippen molar-refractivity contribution in [2.45, 2.75) is 39.9 Å². The fourth-order valence-electron chi connectivity index (χ4n) is 1.53. The zero-order chi connectivity index (χ0) is 15.2. The first-order valence-corrected chi connectivity index (χ1v) is 6.48. The zero-order valence-corrected chi connectivity index (χ0v) is 12.4. The number of aryl methyl sites for hydroxylation is 1. The molecule has 0 spiro atoms. The van der Waals surface area contributed by atoms with Crippen LogP contribution in [0, 0.1) is 18.8 Å². The fraction of sp³-hybridized carbons (Fsp3) is 0.438. The Labute approximate surface area is 120 Å². The summed E-state index contributed by atoms with van der Waals surface area (Å²) in [6, 6.07) is 5.59. The predicted octanol–water partition coefficient (Wildman–Crippen LogP) is 2.36. The maximum atomic E-state index is 11.4. The lowest BCUT2D eigenvalue weighted by Gasteiger charge is -2.19. The van der Waals surface area contributed by atoms with Crippen molar-refractivity contribution in [1.29, 1.82) is 0 Å². The van der Waals surface area contributed by atoms with E-state index in [9.17, 15) is 4.79 Å². The van der Waals surface area contributed by atoms with Gasteiger partial charge in [-0.3, -0.25) is 0 Å². The molecule has 0 bridgehead atoms. The smallest absolute Gasteiger partial charge is 0.408 e. The van der Waals surface area contributed by atoms with Gasteiger partial charge >= 0.3 is 6.09 Å². The van der Waals surface area contributed by atoms with Crippen LogP contribution in [-0.2, 0) is 11.3 Å². The van der Waals surface area contributed by atoms with Crippen LogP contribution in [0.4, 0.5) is 4.79 Å². The largest absolute Gasteiger partial charge is 0.444 e. The predicted molar refractivity (Wildman–Crippen MR) is 78.2 cm³/mol. The highest BCUT2D eigenvalue weighted by atomic mass is 16.6. The van der Waals surface area contributed by atoms with Gasteiger partial charge in [-0.05, 0) is 44.9 Å². The van der Waals surface area contributed by atoms with Crippen molar-refractivity contribution < 1.29 is 14.6 Å². The molecule has 0 aliphatic heterocycles. The van der Waals surface area contributed by atoms with Crippen molar-refractivity contribution in [3.05, 3.63) is 34.9 Å². The lowest BCUT2D eigenvalue weighted by molar-refractivity contribution is 0.0535. The highest BCUT2D eigenvalue weighted by Crippen LogP contribution is 2.10. The van der Waals surface area contributed by atoms with E-state index in [1.54, 1.807) is 0 Å². The van der Waals surface area contributed by atoms with E-state index in [2.05, 4.69) is 17.2 Å². The molecule has 20 heavy (non-hydrogen) atoms. The summed E-state index contributed by atoms with van der Waals surface area (Å²) in [7, 11) is 0. The van der Waals surface area contributed by atoms with Crippen molar-refractivity contribution in [3.63, 3.8) is 0 Å². The molecule has 108 valence electrons. The van der Waals surface area contributed by atoms with Gasteiger partial charge in [0.15, 0.2) is 0 Å². The van der Waals surface area contributed by atoms with Crippen LogP contribution in [0.25, 0.3) is 0 Å². The molecule has 0 saturated heterocycles. The average molecular weight is 275 g/mol. The van der Waals surface area contributed by atoms with E-state index in [1.807, 2.05) is 45.9 Å². The van der Waals surface area contributed by atoms with E-state index in [-0.39, 0.29) is 13.2 Å². The quantitative estimate of drug-likeness (QED) is 0.815. The number of aliphatic hydroxyl groups is 1. The molecule has 0 aliphatic rings. The van der Waals surface area contributed by atoms with Gasteiger partial charge < -0.3 is 15.2 Å². The number of rotatable bonds is 2. The van der Waals surface area contributed by atoms with Crippen LogP contribution in [-0.4, -0.2) is 23.3 Å². The Morgan fingerprint density at radius 1 is 1.40 bits per heavy atom. The number of hydrogen-bond acceptors (Lipinski definition) is 3. The molecule has 4 heteroatoms. The zero-order valence-electron chi connectivity index (χ0n) is 12.4. The van der Waals surface area contributed by atoms with Crippen LogP contribution in [0.3, 0.4) is 0 Å². The van der Waals surface area contributed by atoms with E-state index in [1.165, 1.54) is 0 Å². The molecule has 0 aromatic heterocycles. The Morgan fingerprint density at radius 3 is 2.65 bits per heavy atom. The number of alkyl carbamates (subject to hydrolysis) is 1. The first kappa shape index (κ1) is 16.1. The molecule has 4 nitrogen and oxygen atoms in total. The average Bonchev–Trinajstić information content (AvgIpc) is 2.33. The van der Waals surface area contributed by atoms with Crippen LogP contribution in [0.15, 0.2) is 18.2 Å². The van der Waals surface area contributed by atoms with Crippen molar-refractivity contribution in [1.82, 2.24) is 5.32 Å². The third-order valence-electron chi connectivity index (χ3n) is 2.42. The number of benzene rings is 1. The van der Waals surface area contributed by atoms with Gasteiger partial charge in [0.2, 0.25) is 0 Å². The molecule has 1 aromatic rings. The van der Waals surface area contributed by atoms with Gasteiger partial charge in [0, 0.05) is 5.56 Å². The monoisotopic (exact) mass is 275 g/mol. The van der Waals surface area contributed by atoms with Gasteiger partial charge in [0.05, 0.1) is 13.2 Å². The summed E-state index contributed by atoms with van der Waals surface area (Å²) in [5.41, 5.74) is 2.24. The number of carbonyl (C=O) groups excluding carboxylic acids is 1. The fourth-order valence-corrected chi connectivity index (χ4v) is 1.53. The minimum Gasteiger partial charge on any atom is -0.444 e. The molecule has 1 aromatic carbocycles. The maximum absolute atomic E-state index is 11.4. The van der Waals surface area contributed by atoms with E-state index >= 15 is 0 Å². The van der Waals surface area contributed by atoms with Crippen molar-refractivity contribution in [3.8, 4) is 11.8 Å². The summed E-state index contributed by atoms with van der Waals surface area (Å²) in [4.78, 5) is 11.4. The van der Waals surface area contributed by atoms with Gasteiger partial charge in [0.25, 0.3) is 0 Å². The van der Waals surface area contributed by atoms with Gasteiger partial charge in [-0.2, -0.15) is 0 Å². The van der Waals surface area contributed by atoms with Crippen LogP contribution in [0.5, 0.6) is 0 Å². The molecule has 0 unspecified atom stereocenters. The minimum atomic E-state index is -0.506. The lowest BCUT2D eigenvalue weighted by atomic mass is 10.1. The summed E-state index contributed by atoms with van der Waals surface area (Å²) in [6.07, 6.45) is -0.473. The normalized spacial score (nSPS) is 10.4. The minimum absolute atomic E-state index is 0.0226. The van der Waals surface area contributed by atoms with E-state index in [0.29, 0.717) is 0 Å². The van der Waals surface area contributed by atoms with Crippen LogP contribution in [0.1, 0.15) is 37.5 Å². The standard InChI is InChI=1S/C16H21NO3/c1-12-10-13(11-18)7-8-14(12)6-5-9-17-15(19)20-16(2,3)4/h7-8,10,18H,9,11H2,1-4H3,(H,17,19). The van der Waals surface area contributed by atoms with E-state index in [4.69, 9.17) is 9.84 Å². The Balaban J connectivity index is 2.53. The summed E-state index contributed by atoms with van der Waals surface area (Å²) in [5, 5.41) is 11.6. The summed E-state index contributed by atoms with van der Waals surface area (Å²) >= 11 is 0. The molecule has 0 saturated carbocycles. The molecule has 0 fully saturated rings. The van der Waals surface area contributed by atoms with E-state index < -0.39 is 11.7 Å². The van der Waals surface area contributed by atoms with Crippen LogP contribution >= 0.6 is 0 Å². The first-order chi connectivity index (χ1) is 9.31. The van der Waals surface area contributed by atoms with Crippen molar-refractivity contribution >= 4 is 6.09 Å². The highest BCUT2D eigenvalue weighted by molar-refractivity contribution is 5.68. The Bertz CT molecular complexity index is 533. The molecular weight excluding hydrogens is 254 g/mol. The Morgan fingerprint density at radius 2 is 2.10 bits per heavy atom. The second-order valence-electron chi connectivity index (χ2n) is 5.46. The van der Waals surface area contributed by atoms with Gasteiger partial charge in [-0.1, -0.05) is 24.0 Å². The molecule has 0 heterocycles. The maximum Gasteiger partial charge on any atom is 0.408 e.